The molecule has 138 valence electrons. The molecular weight excluding hydrogens is 331 g/mol. The molecule has 1 aromatic heterocycles. The van der Waals surface area contributed by atoms with Gasteiger partial charge in [-0.05, 0) is 42.7 Å². The summed E-state index contributed by atoms with van der Waals surface area (Å²) in [6, 6.07) is 8.92. The van der Waals surface area contributed by atoms with E-state index in [1.807, 2.05) is 6.07 Å². The van der Waals surface area contributed by atoms with Crippen molar-refractivity contribution in [2.75, 3.05) is 7.05 Å². The van der Waals surface area contributed by atoms with Crippen LogP contribution in [0.5, 0.6) is 11.5 Å². The Morgan fingerprint density at radius 3 is 2.81 bits per heavy atom. The van der Waals surface area contributed by atoms with Gasteiger partial charge in [0.15, 0.2) is 17.5 Å². The van der Waals surface area contributed by atoms with Crippen molar-refractivity contribution in [3.8, 4) is 11.5 Å². The number of hydrogen-bond acceptors (Lipinski definition) is 3. The summed E-state index contributed by atoms with van der Waals surface area (Å²) in [4.78, 5) is 8.22. The van der Waals surface area contributed by atoms with E-state index < -0.39 is 5.82 Å². The molecule has 0 aliphatic heterocycles. The Kier molecular flexibility index (Phi) is 6.41. The zero-order valence-corrected chi connectivity index (χ0v) is 15.0. The van der Waals surface area contributed by atoms with Crippen molar-refractivity contribution < 1.29 is 9.13 Å². The van der Waals surface area contributed by atoms with Crippen molar-refractivity contribution in [1.82, 2.24) is 15.6 Å². The van der Waals surface area contributed by atoms with Gasteiger partial charge in [-0.1, -0.05) is 25.3 Å². The van der Waals surface area contributed by atoms with Gasteiger partial charge >= 0.3 is 0 Å². The van der Waals surface area contributed by atoms with Crippen LogP contribution in [0.15, 0.2) is 47.7 Å². The lowest BCUT2D eigenvalue weighted by Crippen LogP contribution is -2.43. The number of nitrogens with one attached hydrogen (secondary N) is 2. The average molecular weight is 356 g/mol. The van der Waals surface area contributed by atoms with Gasteiger partial charge in [-0.25, -0.2) is 4.39 Å². The van der Waals surface area contributed by atoms with E-state index in [4.69, 9.17) is 4.74 Å². The lowest BCUT2D eigenvalue weighted by molar-refractivity contribution is 0.410. The zero-order valence-electron chi connectivity index (χ0n) is 15.0. The van der Waals surface area contributed by atoms with Crippen molar-refractivity contribution in [3.05, 3.63) is 54.1 Å². The molecular formula is C20H25FN4O. The van der Waals surface area contributed by atoms with Gasteiger partial charge in [0, 0.05) is 25.8 Å². The van der Waals surface area contributed by atoms with Crippen LogP contribution in [0.1, 0.15) is 37.7 Å². The van der Waals surface area contributed by atoms with E-state index in [0.29, 0.717) is 18.3 Å². The highest BCUT2D eigenvalue weighted by Gasteiger charge is 2.14. The number of benzene rings is 1. The topological polar surface area (TPSA) is 58.5 Å². The third-order valence-corrected chi connectivity index (χ3v) is 4.49. The molecule has 0 saturated heterocycles. The van der Waals surface area contributed by atoms with Crippen LogP contribution in [-0.2, 0) is 6.54 Å². The van der Waals surface area contributed by atoms with E-state index in [0.717, 1.165) is 11.5 Å². The highest BCUT2D eigenvalue weighted by Crippen LogP contribution is 2.24. The lowest BCUT2D eigenvalue weighted by atomic mass is 9.96. The Balaban J connectivity index is 1.55. The molecule has 1 aliphatic carbocycles. The van der Waals surface area contributed by atoms with Crippen LogP contribution in [0, 0.1) is 5.82 Å². The van der Waals surface area contributed by atoms with E-state index in [1.54, 1.807) is 37.6 Å². The Morgan fingerprint density at radius 2 is 2.12 bits per heavy atom. The average Bonchev–Trinajstić information content (AvgIpc) is 2.68. The fraction of sp³-hybridized carbons (Fsp3) is 0.400. The van der Waals surface area contributed by atoms with Crippen molar-refractivity contribution in [2.24, 2.45) is 4.99 Å². The minimum absolute atomic E-state index is 0.187. The van der Waals surface area contributed by atoms with Crippen LogP contribution in [-0.4, -0.2) is 24.0 Å². The molecule has 3 rings (SSSR count). The molecule has 0 unspecified atom stereocenters. The Hall–Kier alpha value is -2.63. The molecule has 0 bridgehead atoms. The first kappa shape index (κ1) is 18.2. The molecule has 26 heavy (non-hydrogen) atoms. The second-order valence-electron chi connectivity index (χ2n) is 6.46. The second-order valence-corrected chi connectivity index (χ2v) is 6.46. The fourth-order valence-electron chi connectivity index (χ4n) is 3.09. The number of ether oxygens (including phenoxy) is 1. The third-order valence-electron chi connectivity index (χ3n) is 4.49. The van der Waals surface area contributed by atoms with Crippen molar-refractivity contribution in [3.63, 3.8) is 0 Å². The van der Waals surface area contributed by atoms with Gasteiger partial charge in [0.2, 0.25) is 0 Å². The van der Waals surface area contributed by atoms with Crippen molar-refractivity contribution in [1.29, 1.82) is 0 Å². The van der Waals surface area contributed by atoms with Crippen LogP contribution >= 0.6 is 0 Å². The summed E-state index contributed by atoms with van der Waals surface area (Å²) < 4.78 is 19.8. The quantitative estimate of drug-likeness (QED) is 0.628. The predicted octanol–water partition coefficient (Wildman–Crippen LogP) is 4.01. The van der Waals surface area contributed by atoms with Crippen LogP contribution in [0.2, 0.25) is 0 Å². The summed E-state index contributed by atoms with van der Waals surface area (Å²) in [5.74, 6) is 1.05. The van der Waals surface area contributed by atoms with Gasteiger partial charge in [-0.3, -0.25) is 9.98 Å². The van der Waals surface area contributed by atoms with Gasteiger partial charge in [0.1, 0.15) is 5.75 Å². The summed E-state index contributed by atoms with van der Waals surface area (Å²) in [6.07, 6.45) is 9.39. The Morgan fingerprint density at radius 1 is 1.27 bits per heavy atom. The van der Waals surface area contributed by atoms with Gasteiger partial charge in [-0.15, -0.1) is 0 Å². The first-order valence-corrected chi connectivity index (χ1v) is 9.08. The standard InChI is InChI=1S/C20H25FN4O/c1-22-20(25-16-6-3-2-4-7-16)24-13-15-9-10-19(18(21)12-15)26-17-8-5-11-23-14-17/h5,8-12,14,16H,2-4,6-7,13H2,1H3,(H2,22,24,25). The molecule has 1 heterocycles. The molecule has 2 N–H and O–H groups in total. The van der Waals surface area contributed by atoms with Crippen LogP contribution in [0.25, 0.3) is 0 Å². The van der Waals surface area contributed by atoms with Gasteiger partial charge in [0.25, 0.3) is 0 Å². The van der Waals surface area contributed by atoms with E-state index in [1.165, 1.54) is 38.2 Å². The molecule has 1 aromatic carbocycles. The maximum Gasteiger partial charge on any atom is 0.191 e. The minimum Gasteiger partial charge on any atom is -0.453 e. The SMILES string of the molecule is CN=C(NCc1ccc(Oc2cccnc2)c(F)c1)NC1CCCCC1. The van der Waals surface area contributed by atoms with Crippen LogP contribution < -0.4 is 15.4 Å². The van der Waals surface area contributed by atoms with E-state index in [2.05, 4.69) is 20.6 Å². The summed E-state index contributed by atoms with van der Waals surface area (Å²) >= 11 is 0. The molecule has 0 amide bonds. The smallest absolute Gasteiger partial charge is 0.191 e. The number of aliphatic imine (C=N–C) groups is 1. The fourth-order valence-corrected chi connectivity index (χ4v) is 3.09. The normalized spacial score (nSPS) is 15.5. The first-order valence-electron chi connectivity index (χ1n) is 9.08. The number of guanidine groups is 1. The summed E-state index contributed by atoms with van der Waals surface area (Å²) in [5, 5.41) is 6.70. The molecule has 0 spiro atoms. The molecule has 0 radical (unpaired) electrons. The minimum atomic E-state index is -0.400. The van der Waals surface area contributed by atoms with Gasteiger partial charge in [0.05, 0.1) is 6.20 Å². The number of hydrogen-bond donors (Lipinski definition) is 2. The Labute approximate surface area is 153 Å². The maximum atomic E-state index is 14.3. The molecule has 1 aliphatic rings. The van der Waals surface area contributed by atoms with Crippen LogP contribution in [0.4, 0.5) is 4.39 Å². The largest absolute Gasteiger partial charge is 0.453 e. The molecule has 6 heteroatoms. The number of nitrogens with zero attached hydrogens (tertiary/aromatic N) is 2. The summed E-state index contributed by atoms with van der Waals surface area (Å²) in [6.45, 7) is 0.497. The molecule has 1 fully saturated rings. The van der Waals surface area contributed by atoms with E-state index in [-0.39, 0.29) is 5.75 Å². The van der Waals surface area contributed by atoms with Gasteiger partial charge < -0.3 is 15.4 Å². The van der Waals surface area contributed by atoms with E-state index >= 15 is 0 Å². The second kappa shape index (κ2) is 9.17. The lowest BCUT2D eigenvalue weighted by Gasteiger charge is -2.24. The number of pyridine rings is 1. The summed E-state index contributed by atoms with van der Waals surface area (Å²) in [7, 11) is 1.75. The third kappa shape index (κ3) is 5.18. The maximum absolute atomic E-state index is 14.3. The highest BCUT2D eigenvalue weighted by atomic mass is 19.1. The Bertz CT molecular complexity index is 730. The molecule has 0 atom stereocenters. The summed E-state index contributed by atoms with van der Waals surface area (Å²) in [5.41, 5.74) is 0.827. The zero-order chi connectivity index (χ0) is 18.2. The molecule has 1 saturated carbocycles. The van der Waals surface area contributed by atoms with Gasteiger partial charge in [-0.2, -0.15) is 0 Å². The number of rotatable bonds is 5. The van der Waals surface area contributed by atoms with Crippen LogP contribution in [0.3, 0.4) is 0 Å². The van der Waals surface area contributed by atoms with E-state index in [9.17, 15) is 4.39 Å². The molecule has 5 nitrogen and oxygen atoms in total. The number of halogens is 1. The first-order chi connectivity index (χ1) is 12.7. The van der Waals surface area contributed by atoms with Crippen molar-refractivity contribution in [2.45, 2.75) is 44.7 Å². The monoisotopic (exact) mass is 356 g/mol. The predicted molar refractivity (Wildman–Crippen MR) is 101 cm³/mol. The number of aromatic nitrogens is 1. The molecule has 2 aromatic rings. The van der Waals surface area contributed by atoms with Crippen molar-refractivity contribution >= 4 is 5.96 Å². The highest BCUT2D eigenvalue weighted by molar-refractivity contribution is 5.79.